The van der Waals surface area contributed by atoms with Crippen molar-refractivity contribution in [3.05, 3.63) is 41.3 Å². The van der Waals surface area contributed by atoms with Gasteiger partial charge in [-0.25, -0.2) is 18.7 Å². The molecule has 1 amide bonds. The molecule has 0 radical (unpaired) electrons. The molecule has 9 heteroatoms. The van der Waals surface area contributed by atoms with E-state index in [0.29, 0.717) is 25.9 Å². The van der Waals surface area contributed by atoms with Crippen LogP contribution in [0.15, 0.2) is 23.2 Å². The highest BCUT2D eigenvalue weighted by Gasteiger charge is 2.59. The Morgan fingerprint density at radius 3 is 2.63 bits per heavy atom. The van der Waals surface area contributed by atoms with Crippen LogP contribution in [0.5, 0.6) is 0 Å². The number of aromatic nitrogens is 3. The summed E-state index contributed by atoms with van der Waals surface area (Å²) in [7, 11) is 0. The number of rotatable bonds is 5. The van der Waals surface area contributed by atoms with Crippen LogP contribution in [0.2, 0.25) is 0 Å². The Morgan fingerprint density at radius 2 is 1.93 bits per heavy atom. The van der Waals surface area contributed by atoms with Crippen LogP contribution in [0.1, 0.15) is 41.8 Å². The van der Waals surface area contributed by atoms with E-state index in [1.54, 1.807) is 17.3 Å². The fourth-order valence-electron chi connectivity index (χ4n) is 4.65. The zero-order valence-corrected chi connectivity index (χ0v) is 17.4. The highest BCUT2D eigenvalue weighted by Crippen LogP contribution is 2.49. The second-order valence-corrected chi connectivity index (χ2v) is 8.56. The Morgan fingerprint density at radius 1 is 1.17 bits per heavy atom. The first-order chi connectivity index (χ1) is 14.3. The molecule has 0 bridgehead atoms. The fraction of sp³-hybridized carbons (Fsp3) is 0.619. The first kappa shape index (κ1) is 20.8. The minimum atomic E-state index is -2.79. The van der Waals surface area contributed by atoms with Crippen molar-refractivity contribution >= 4 is 5.91 Å². The quantitative estimate of drug-likeness (QED) is 0.742. The Kier molecular flexibility index (Phi) is 5.57. The molecule has 2 saturated heterocycles. The zero-order chi connectivity index (χ0) is 21.4. The zero-order valence-electron chi connectivity index (χ0n) is 17.4. The van der Waals surface area contributed by atoms with Gasteiger partial charge in [0, 0.05) is 57.0 Å². The van der Waals surface area contributed by atoms with E-state index in [2.05, 4.69) is 15.1 Å². The summed E-state index contributed by atoms with van der Waals surface area (Å²) in [6.07, 6.45) is 5.67. The van der Waals surface area contributed by atoms with Gasteiger partial charge in [-0.3, -0.25) is 9.69 Å². The molecular formula is C21H27F2N5O2. The molecule has 2 aliphatic rings. The maximum atomic E-state index is 15.1. The van der Waals surface area contributed by atoms with E-state index in [0.717, 1.165) is 22.6 Å². The Bertz CT molecular complexity index is 885. The summed E-state index contributed by atoms with van der Waals surface area (Å²) in [5.41, 5.74) is 1.43. The third-order valence-electron chi connectivity index (χ3n) is 6.56. The van der Waals surface area contributed by atoms with Crippen LogP contribution in [-0.2, 0) is 17.8 Å². The minimum absolute atomic E-state index is 0.0853. The molecular weight excluding hydrogens is 392 g/mol. The van der Waals surface area contributed by atoms with Crippen LogP contribution in [0.3, 0.4) is 0 Å². The van der Waals surface area contributed by atoms with Gasteiger partial charge < -0.3 is 9.42 Å². The second-order valence-electron chi connectivity index (χ2n) is 8.56. The molecule has 0 saturated carbocycles. The van der Waals surface area contributed by atoms with Crippen molar-refractivity contribution in [2.24, 2.45) is 5.41 Å². The van der Waals surface area contributed by atoms with Crippen LogP contribution < -0.4 is 0 Å². The number of alkyl halides is 2. The summed E-state index contributed by atoms with van der Waals surface area (Å²) >= 11 is 0. The monoisotopic (exact) mass is 419 g/mol. The predicted octanol–water partition coefficient (Wildman–Crippen LogP) is 2.77. The van der Waals surface area contributed by atoms with E-state index in [1.165, 1.54) is 6.33 Å². The fourth-order valence-corrected chi connectivity index (χ4v) is 4.65. The molecule has 2 aromatic heterocycles. The molecule has 1 spiro atoms. The third-order valence-corrected chi connectivity index (χ3v) is 6.56. The van der Waals surface area contributed by atoms with Crippen molar-refractivity contribution in [2.45, 2.75) is 52.0 Å². The van der Waals surface area contributed by atoms with E-state index in [1.807, 2.05) is 18.7 Å². The molecule has 0 aromatic carbocycles. The van der Waals surface area contributed by atoms with Crippen molar-refractivity contribution in [3.63, 3.8) is 0 Å². The van der Waals surface area contributed by atoms with Gasteiger partial charge in [0.05, 0.1) is 11.1 Å². The van der Waals surface area contributed by atoms with Gasteiger partial charge in [-0.15, -0.1) is 0 Å². The van der Waals surface area contributed by atoms with E-state index in [9.17, 15) is 4.79 Å². The number of nitrogens with zero attached hydrogens (tertiary/aromatic N) is 5. The average molecular weight is 419 g/mol. The normalized spacial score (nSPS) is 23.9. The topological polar surface area (TPSA) is 75.4 Å². The van der Waals surface area contributed by atoms with Crippen molar-refractivity contribution < 1.29 is 18.1 Å². The van der Waals surface area contributed by atoms with E-state index >= 15 is 8.78 Å². The average Bonchev–Trinajstić information content (AvgIpc) is 3.28. The molecule has 1 atom stereocenters. The number of hydrogen-bond donors (Lipinski definition) is 0. The third kappa shape index (κ3) is 3.95. The Labute approximate surface area is 174 Å². The molecule has 0 aliphatic carbocycles. The lowest BCUT2D eigenvalue weighted by Gasteiger charge is -2.46. The predicted molar refractivity (Wildman–Crippen MR) is 105 cm³/mol. The summed E-state index contributed by atoms with van der Waals surface area (Å²) in [4.78, 5) is 24.3. The lowest BCUT2D eigenvalue weighted by Crippen LogP contribution is -2.58. The lowest BCUT2D eigenvalue weighted by atomic mass is 9.75. The molecule has 2 aromatic rings. The van der Waals surface area contributed by atoms with Crippen LogP contribution in [0.25, 0.3) is 0 Å². The van der Waals surface area contributed by atoms with Crippen molar-refractivity contribution in [3.8, 4) is 0 Å². The van der Waals surface area contributed by atoms with E-state index in [4.69, 9.17) is 4.52 Å². The summed E-state index contributed by atoms with van der Waals surface area (Å²) < 4.78 is 35.3. The summed E-state index contributed by atoms with van der Waals surface area (Å²) in [6.45, 7) is 5.29. The van der Waals surface area contributed by atoms with Gasteiger partial charge >= 0.3 is 0 Å². The maximum absolute atomic E-state index is 15.1. The summed E-state index contributed by atoms with van der Waals surface area (Å²) in [6, 6.07) is 0. The van der Waals surface area contributed by atoms with Crippen molar-refractivity contribution in [1.29, 1.82) is 0 Å². The smallest absolute Gasteiger partial charge is 0.258 e. The molecule has 162 valence electrons. The first-order valence-electron chi connectivity index (χ1n) is 10.3. The van der Waals surface area contributed by atoms with E-state index in [-0.39, 0.29) is 38.4 Å². The largest absolute Gasteiger partial charge is 0.361 e. The molecule has 0 N–H and O–H groups in total. The molecule has 7 nitrogen and oxygen atoms in total. The number of aryl methyl sites for hydroxylation is 3. The van der Waals surface area contributed by atoms with Gasteiger partial charge in [0.25, 0.3) is 5.92 Å². The minimum Gasteiger partial charge on any atom is -0.361 e. The van der Waals surface area contributed by atoms with Gasteiger partial charge in [-0.05, 0) is 38.8 Å². The van der Waals surface area contributed by atoms with Gasteiger partial charge in [0.15, 0.2) is 0 Å². The molecule has 4 rings (SSSR count). The highest BCUT2D eigenvalue weighted by atomic mass is 19.3. The summed E-state index contributed by atoms with van der Waals surface area (Å²) in [5.74, 6) is -2.15. The van der Waals surface area contributed by atoms with Gasteiger partial charge in [-0.2, -0.15) is 0 Å². The number of carbonyl (C=O) groups is 1. The molecule has 2 fully saturated rings. The highest BCUT2D eigenvalue weighted by molar-refractivity contribution is 5.76. The Hall–Kier alpha value is -2.42. The molecule has 1 unspecified atom stereocenters. The number of halogens is 2. The van der Waals surface area contributed by atoms with Crippen LogP contribution in [0, 0.1) is 19.3 Å². The molecule has 4 heterocycles. The molecule has 30 heavy (non-hydrogen) atoms. The van der Waals surface area contributed by atoms with E-state index < -0.39 is 11.3 Å². The summed E-state index contributed by atoms with van der Waals surface area (Å²) in [5, 5.41) is 3.96. The number of piperidine rings is 1. The van der Waals surface area contributed by atoms with Crippen molar-refractivity contribution in [2.75, 3.05) is 26.2 Å². The van der Waals surface area contributed by atoms with Crippen LogP contribution in [-0.4, -0.2) is 62.9 Å². The first-order valence-corrected chi connectivity index (χ1v) is 10.3. The van der Waals surface area contributed by atoms with Gasteiger partial charge in [0.2, 0.25) is 5.91 Å². The SMILES string of the molecule is Cc1noc(C)c1CN1CCC2(C1)CN(C(=O)CCc1cncnc1)CCC2(F)F. The second kappa shape index (κ2) is 8.02. The van der Waals surface area contributed by atoms with Crippen molar-refractivity contribution in [1.82, 2.24) is 24.9 Å². The number of likely N-dealkylation sites (tertiary alicyclic amines) is 2. The van der Waals surface area contributed by atoms with Gasteiger partial charge in [0.1, 0.15) is 12.1 Å². The van der Waals surface area contributed by atoms with Crippen LogP contribution in [0.4, 0.5) is 8.78 Å². The maximum Gasteiger partial charge on any atom is 0.258 e. The number of carbonyl (C=O) groups excluding carboxylic acids is 1. The standard InChI is InChI=1S/C21H27F2N5O2/c1-15-18(16(2)30-26-15)11-27-7-5-20(12-27)13-28(8-6-21(20,22)23)19(29)4-3-17-9-24-14-25-10-17/h9-10,14H,3-8,11-13H2,1-2H3. The van der Waals surface area contributed by atoms with Gasteiger partial charge in [-0.1, -0.05) is 5.16 Å². The number of hydrogen-bond acceptors (Lipinski definition) is 6. The lowest BCUT2D eigenvalue weighted by molar-refractivity contribution is -0.171. The molecule has 2 aliphatic heterocycles. The Balaban J connectivity index is 1.42. The number of amides is 1. The van der Waals surface area contributed by atoms with Crippen LogP contribution >= 0.6 is 0 Å².